The van der Waals surface area contributed by atoms with E-state index in [-0.39, 0.29) is 5.78 Å². The number of hydrogen-bond donors (Lipinski definition) is 0. The Kier molecular flexibility index (Phi) is 3.09. The SMILES string of the molecule is CC.O=C1CCCn2cccc21. The summed E-state index contributed by atoms with van der Waals surface area (Å²) < 4.78 is 2.02. The zero-order valence-corrected chi connectivity index (χ0v) is 7.71. The molecule has 0 aliphatic carbocycles. The maximum absolute atomic E-state index is 11.1. The van der Waals surface area contributed by atoms with Crippen LogP contribution in [0.4, 0.5) is 0 Å². The van der Waals surface area contributed by atoms with Crippen LogP contribution in [0.15, 0.2) is 18.3 Å². The number of aryl methyl sites for hydroxylation is 1. The molecule has 0 radical (unpaired) electrons. The number of carbonyl (C=O) groups is 1. The summed E-state index contributed by atoms with van der Waals surface area (Å²) in [5.41, 5.74) is 0.881. The van der Waals surface area contributed by atoms with Crippen LogP contribution in [-0.4, -0.2) is 10.4 Å². The number of ketones is 1. The summed E-state index contributed by atoms with van der Waals surface area (Å²) in [5.74, 6) is 0.288. The van der Waals surface area contributed by atoms with Crippen LogP contribution in [0, 0.1) is 0 Å². The molecule has 0 atom stereocenters. The number of fused-ring (bicyclic) bond motifs is 1. The van der Waals surface area contributed by atoms with Crippen molar-refractivity contribution in [3.8, 4) is 0 Å². The van der Waals surface area contributed by atoms with E-state index in [0.717, 1.165) is 25.1 Å². The zero-order valence-electron chi connectivity index (χ0n) is 7.71. The van der Waals surface area contributed by atoms with Crippen molar-refractivity contribution >= 4 is 5.78 Å². The second kappa shape index (κ2) is 4.10. The van der Waals surface area contributed by atoms with Crippen molar-refractivity contribution in [3.05, 3.63) is 24.0 Å². The third-order valence-corrected chi connectivity index (χ3v) is 1.92. The molecule has 0 saturated carbocycles. The average Bonchev–Trinajstić information content (AvgIpc) is 2.57. The molecular weight excluding hydrogens is 150 g/mol. The Labute approximate surface area is 73.2 Å². The first-order valence-corrected chi connectivity index (χ1v) is 4.56. The fourth-order valence-electron chi connectivity index (χ4n) is 1.40. The van der Waals surface area contributed by atoms with Gasteiger partial charge in [-0.3, -0.25) is 4.79 Å². The van der Waals surface area contributed by atoms with Crippen molar-refractivity contribution in [1.29, 1.82) is 0 Å². The van der Waals surface area contributed by atoms with Crippen LogP contribution in [0.2, 0.25) is 0 Å². The molecule has 0 saturated heterocycles. The van der Waals surface area contributed by atoms with Crippen molar-refractivity contribution in [2.75, 3.05) is 0 Å². The third-order valence-electron chi connectivity index (χ3n) is 1.92. The molecule has 1 aliphatic rings. The lowest BCUT2D eigenvalue weighted by Crippen LogP contribution is -2.14. The summed E-state index contributed by atoms with van der Waals surface area (Å²) in [5, 5.41) is 0. The van der Waals surface area contributed by atoms with E-state index in [9.17, 15) is 4.79 Å². The molecular formula is C10H15NO. The van der Waals surface area contributed by atoms with Gasteiger partial charge in [0.1, 0.15) is 0 Å². The van der Waals surface area contributed by atoms with E-state index in [1.165, 1.54) is 0 Å². The lowest BCUT2D eigenvalue weighted by Gasteiger charge is -2.12. The number of aromatic nitrogens is 1. The average molecular weight is 165 g/mol. The molecule has 2 heteroatoms. The topological polar surface area (TPSA) is 22.0 Å². The third kappa shape index (κ3) is 1.58. The van der Waals surface area contributed by atoms with E-state index >= 15 is 0 Å². The molecule has 2 nitrogen and oxygen atoms in total. The zero-order chi connectivity index (χ0) is 8.97. The highest BCUT2D eigenvalue weighted by Crippen LogP contribution is 2.14. The Hall–Kier alpha value is -1.05. The molecule has 0 bridgehead atoms. The fraction of sp³-hybridized carbons (Fsp3) is 0.500. The Balaban J connectivity index is 0.000000336. The molecule has 0 spiro atoms. The minimum Gasteiger partial charge on any atom is -0.345 e. The fourth-order valence-corrected chi connectivity index (χ4v) is 1.40. The molecule has 2 rings (SSSR count). The van der Waals surface area contributed by atoms with Gasteiger partial charge in [0, 0.05) is 19.2 Å². The number of hydrogen-bond acceptors (Lipinski definition) is 1. The van der Waals surface area contributed by atoms with E-state index in [0.29, 0.717) is 0 Å². The van der Waals surface area contributed by atoms with Crippen LogP contribution in [-0.2, 0) is 6.54 Å². The highest BCUT2D eigenvalue weighted by atomic mass is 16.1. The van der Waals surface area contributed by atoms with Crippen LogP contribution in [0.5, 0.6) is 0 Å². The first-order valence-electron chi connectivity index (χ1n) is 4.56. The van der Waals surface area contributed by atoms with E-state index in [1.54, 1.807) is 0 Å². The number of rotatable bonds is 0. The molecule has 0 N–H and O–H groups in total. The van der Waals surface area contributed by atoms with Crippen molar-refractivity contribution in [2.24, 2.45) is 0 Å². The van der Waals surface area contributed by atoms with Gasteiger partial charge in [0.15, 0.2) is 5.78 Å². The van der Waals surface area contributed by atoms with Gasteiger partial charge in [-0.2, -0.15) is 0 Å². The summed E-state index contributed by atoms with van der Waals surface area (Å²) in [6, 6.07) is 3.82. The molecule has 1 aliphatic heterocycles. The lowest BCUT2D eigenvalue weighted by molar-refractivity contribution is 0.0955. The van der Waals surface area contributed by atoms with Crippen LogP contribution in [0.3, 0.4) is 0 Å². The molecule has 0 amide bonds. The molecule has 0 aromatic carbocycles. The quantitative estimate of drug-likeness (QED) is 0.579. The van der Waals surface area contributed by atoms with Gasteiger partial charge in [-0.15, -0.1) is 0 Å². The summed E-state index contributed by atoms with van der Waals surface area (Å²) in [4.78, 5) is 11.1. The van der Waals surface area contributed by atoms with Crippen molar-refractivity contribution in [3.63, 3.8) is 0 Å². The first kappa shape index (κ1) is 9.04. The van der Waals surface area contributed by atoms with E-state index in [1.807, 2.05) is 36.7 Å². The first-order chi connectivity index (χ1) is 5.88. The maximum Gasteiger partial charge on any atom is 0.179 e. The van der Waals surface area contributed by atoms with Crippen LogP contribution < -0.4 is 0 Å². The van der Waals surface area contributed by atoms with Crippen molar-refractivity contribution < 1.29 is 4.79 Å². The van der Waals surface area contributed by atoms with Crippen LogP contribution in [0.1, 0.15) is 37.2 Å². The Bertz CT molecular complexity index is 263. The van der Waals surface area contributed by atoms with Gasteiger partial charge in [0.05, 0.1) is 5.69 Å². The Morgan fingerprint density at radius 1 is 1.42 bits per heavy atom. The summed E-state index contributed by atoms with van der Waals surface area (Å²) in [6.07, 6.45) is 3.69. The number of Topliss-reactive ketones (excluding diaryl/α,β-unsaturated/α-hetero) is 1. The van der Waals surface area contributed by atoms with Gasteiger partial charge < -0.3 is 4.57 Å². The van der Waals surface area contributed by atoms with Gasteiger partial charge in [0.2, 0.25) is 0 Å². The van der Waals surface area contributed by atoms with E-state index in [2.05, 4.69) is 0 Å². The maximum atomic E-state index is 11.1. The standard InChI is InChI=1S/C8H9NO.C2H6/c10-8-4-2-6-9-5-1-3-7(8)9;1-2/h1,3,5H,2,4,6H2;1-2H3. The number of nitrogens with zero attached hydrogens (tertiary/aromatic N) is 1. The lowest BCUT2D eigenvalue weighted by atomic mass is 10.1. The van der Waals surface area contributed by atoms with Crippen molar-refractivity contribution in [2.45, 2.75) is 33.2 Å². The van der Waals surface area contributed by atoms with Gasteiger partial charge in [-0.05, 0) is 18.6 Å². The molecule has 12 heavy (non-hydrogen) atoms. The minimum absolute atomic E-state index is 0.288. The van der Waals surface area contributed by atoms with Gasteiger partial charge in [-0.25, -0.2) is 0 Å². The molecule has 66 valence electrons. The van der Waals surface area contributed by atoms with Gasteiger partial charge in [0.25, 0.3) is 0 Å². The van der Waals surface area contributed by atoms with Crippen molar-refractivity contribution in [1.82, 2.24) is 4.57 Å². The Morgan fingerprint density at radius 2 is 2.17 bits per heavy atom. The molecule has 0 fully saturated rings. The molecule has 1 aromatic heterocycles. The van der Waals surface area contributed by atoms with Crippen LogP contribution >= 0.6 is 0 Å². The smallest absolute Gasteiger partial charge is 0.179 e. The highest BCUT2D eigenvalue weighted by Gasteiger charge is 2.14. The summed E-state index contributed by atoms with van der Waals surface area (Å²) in [7, 11) is 0. The predicted octanol–water partition coefficient (Wildman–Crippen LogP) is 2.49. The highest BCUT2D eigenvalue weighted by molar-refractivity contribution is 5.95. The van der Waals surface area contributed by atoms with Gasteiger partial charge in [-0.1, -0.05) is 13.8 Å². The predicted molar refractivity (Wildman–Crippen MR) is 49.3 cm³/mol. The second-order valence-corrected chi connectivity index (χ2v) is 2.61. The minimum atomic E-state index is 0.288. The largest absolute Gasteiger partial charge is 0.345 e. The monoisotopic (exact) mass is 165 g/mol. The van der Waals surface area contributed by atoms with E-state index in [4.69, 9.17) is 0 Å². The Morgan fingerprint density at radius 3 is 2.83 bits per heavy atom. The summed E-state index contributed by atoms with van der Waals surface area (Å²) >= 11 is 0. The number of carbonyl (C=O) groups excluding carboxylic acids is 1. The summed E-state index contributed by atoms with van der Waals surface area (Å²) in [6.45, 7) is 5.01. The second-order valence-electron chi connectivity index (χ2n) is 2.61. The van der Waals surface area contributed by atoms with Crippen LogP contribution in [0.25, 0.3) is 0 Å². The van der Waals surface area contributed by atoms with E-state index < -0.39 is 0 Å². The molecule has 0 unspecified atom stereocenters. The molecule has 2 heterocycles. The molecule has 1 aromatic rings. The van der Waals surface area contributed by atoms with Gasteiger partial charge >= 0.3 is 0 Å². The normalized spacial score (nSPS) is 14.7.